The quantitative estimate of drug-likeness (QED) is 0.848. The summed E-state index contributed by atoms with van der Waals surface area (Å²) in [4.78, 5) is 6.88. The zero-order valence-corrected chi connectivity index (χ0v) is 12.9. The number of rotatable bonds is 7. The third-order valence-corrected chi connectivity index (χ3v) is 4.49. The Hall–Kier alpha value is -1.39. The van der Waals surface area contributed by atoms with E-state index in [0.717, 1.165) is 30.8 Å². The van der Waals surface area contributed by atoms with Gasteiger partial charge in [0.1, 0.15) is 0 Å². The Balaban J connectivity index is 2.22. The van der Waals surface area contributed by atoms with Crippen molar-refractivity contribution in [2.45, 2.75) is 39.3 Å². The molecule has 1 unspecified atom stereocenters. The maximum atomic E-state index is 9.63. The first kappa shape index (κ1) is 15.0. The minimum atomic E-state index is 0.129. The summed E-state index contributed by atoms with van der Waals surface area (Å²) < 4.78 is 0. The topological polar surface area (TPSA) is 36.4 Å². The number of benzene rings is 1. The van der Waals surface area contributed by atoms with Gasteiger partial charge in [0.15, 0.2) is 0 Å². The molecule has 2 aromatic rings. The van der Waals surface area contributed by atoms with Crippen molar-refractivity contribution in [2.75, 3.05) is 11.5 Å². The number of aliphatic hydroxyl groups is 1. The maximum absolute atomic E-state index is 9.63. The molecule has 0 fully saturated rings. The molecule has 1 atom stereocenters. The van der Waals surface area contributed by atoms with Crippen molar-refractivity contribution in [3.63, 3.8) is 0 Å². The number of nitrogens with zero attached hydrogens (tertiary/aromatic N) is 2. The van der Waals surface area contributed by atoms with Gasteiger partial charge in [-0.25, -0.2) is 4.98 Å². The van der Waals surface area contributed by atoms with Gasteiger partial charge < -0.3 is 10.0 Å². The summed E-state index contributed by atoms with van der Waals surface area (Å²) in [6.45, 7) is 5.14. The Morgan fingerprint density at radius 1 is 1.25 bits per heavy atom. The largest absolute Gasteiger partial charge is 0.394 e. The molecule has 3 nitrogen and oxygen atoms in total. The van der Waals surface area contributed by atoms with E-state index in [2.05, 4.69) is 41.2 Å². The van der Waals surface area contributed by atoms with Gasteiger partial charge in [-0.05, 0) is 25.0 Å². The van der Waals surface area contributed by atoms with Crippen molar-refractivity contribution in [3.05, 3.63) is 46.4 Å². The molecule has 0 spiro atoms. The van der Waals surface area contributed by atoms with Crippen molar-refractivity contribution >= 4 is 17.0 Å². The second kappa shape index (κ2) is 7.41. The molecule has 2 rings (SSSR count). The molecule has 0 bridgehead atoms. The lowest BCUT2D eigenvalue weighted by Gasteiger charge is -2.31. The number of aromatic nitrogens is 1. The predicted octanol–water partition coefficient (Wildman–Crippen LogP) is 3.48. The van der Waals surface area contributed by atoms with E-state index in [9.17, 15) is 5.11 Å². The molecule has 20 heavy (non-hydrogen) atoms. The van der Waals surface area contributed by atoms with Crippen LogP contribution >= 0.6 is 11.3 Å². The minimum absolute atomic E-state index is 0.129. The van der Waals surface area contributed by atoms with Crippen molar-refractivity contribution in [3.8, 4) is 0 Å². The van der Waals surface area contributed by atoms with Crippen LogP contribution in [0, 0.1) is 0 Å². The van der Waals surface area contributed by atoms with Crippen LogP contribution in [0.2, 0.25) is 0 Å². The van der Waals surface area contributed by atoms with E-state index in [4.69, 9.17) is 0 Å². The molecule has 1 aromatic heterocycles. The van der Waals surface area contributed by atoms with E-state index in [0.29, 0.717) is 0 Å². The van der Waals surface area contributed by atoms with Crippen LogP contribution < -0.4 is 4.90 Å². The molecule has 1 heterocycles. The molecule has 0 radical (unpaired) electrons. The second-order valence-corrected chi connectivity index (χ2v) is 5.74. The third-order valence-electron chi connectivity index (χ3n) is 3.44. The van der Waals surface area contributed by atoms with Crippen LogP contribution in [0.25, 0.3) is 0 Å². The average molecular weight is 290 g/mol. The van der Waals surface area contributed by atoms with Gasteiger partial charge in [0.05, 0.1) is 29.9 Å². The number of para-hydroxylation sites is 1. The zero-order chi connectivity index (χ0) is 14.4. The number of aryl methyl sites for hydroxylation is 1. The Kier molecular flexibility index (Phi) is 5.56. The van der Waals surface area contributed by atoms with Gasteiger partial charge in [0.2, 0.25) is 0 Å². The van der Waals surface area contributed by atoms with Crippen molar-refractivity contribution in [1.82, 2.24) is 4.98 Å². The van der Waals surface area contributed by atoms with Crippen LogP contribution in [0.4, 0.5) is 5.69 Å². The molecule has 0 aliphatic carbocycles. The first-order valence-corrected chi connectivity index (χ1v) is 8.02. The van der Waals surface area contributed by atoms with Crippen LogP contribution in [0.5, 0.6) is 0 Å². The standard InChI is InChI=1S/C16H22N2OS/c1-3-14(11-19)18(15-8-6-5-7-9-15)10-13-12-20-16(4-2)17-13/h5-9,12,14,19H,3-4,10-11H2,1-2H3. The Bertz CT molecular complexity index is 508. The molecule has 0 amide bonds. The van der Waals surface area contributed by atoms with Gasteiger partial charge in [-0.3, -0.25) is 0 Å². The molecule has 1 N–H and O–H groups in total. The van der Waals surface area contributed by atoms with E-state index in [1.165, 1.54) is 5.01 Å². The maximum Gasteiger partial charge on any atom is 0.0926 e. The smallest absolute Gasteiger partial charge is 0.0926 e. The van der Waals surface area contributed by atoms with E-state index < -0.39 is 0 Å². The normalized spacial score (nSPS) is 12.3. The van der Waals surface area contributed by atoms with Gasteiger partial charge in [-0.15, -0.1) is 11.3 Å². The summed E-state index contributed by atoms with van der Waals surface area (Å²) in [5, 5.41) is 12.9. The van der Waals surface area contributed by atoms with Crippen LogP contribution in [-0.2, 0) is 13.0 Å². The minimum Gasteiger partial charge on any atom is -0.394 e. The zero-order valence-electron chi connectivity index (χ0n) is 12.1. The summed E-state index contributed by atoms with van der Waals surface area (Å²) >= 11 is 1.71. The summed E-state index contributed by atoms with van der Waals surface area (Å²) in [6, 6.07) is 10.4. The molecular weight excluding hydrogens is 268 g/mol. The molecule has 1 aromatic carbocycles. The average Bonchev–Trinajstić information content (AvgIpc) is 2.96. The fourth-order valence-electron chi connectivity index (χ4n) is 2.26. The van der Waals surface area contributed by atoms with Gasteiger partial charge in [0, 0.05) is 11.1 Å². The van der Waals surface area contributed by atoms with Gasteiger partial charge >= 0.3 is 0 Å². The fourth-order valence-corrected chi connectivity index (χ4v) is 2.99. The lowest BCUT2D eigenvalue weighted by molar-refractivity contribution is 0.255. The van der Waals surface area contributed by atoms with Gasteiger partial charge in [0.25, 0.3) is 0 Å². The summed E-state index contributed by atoms with van der Waals surface area (Å²) in [5.41, 5.74) is 2.22. The first-order valence-electron chi connectivity index (χ1n) is 7.14. The number of aliphatic hydroxyl groups excluding tert-OH is 1. The monoisotopic (exact) mass is 290 g/mol. The van der Waals surface area contributed by atoms with Crippen molar-refractivity contribution < 1.29 is 5.11 Å². The predicted molar refractivity (Wildman–Crippen MR) is 85.3 cm³/mol. The molecular formula is C16H22N2OS. The van der Waals surface area contributed by atoms with Gasteiger partial charge in [-0.1, -0.05) is 32.0 Å². The molecule has 108 valence electrons. The molecule has 0 aliphatic rings. The Morgan fingerprint density at radius 3 is 2.55 bits per heavy atom. The number of thiazole rings is 1. The van der Waals surface area contributed by atoms with Crippen LogP contribution in [0.1, 0.15) is 31.0 Å². The number of hydrogen-bond donors (Lipinski definition) is 1. The summed E-state index contributed by atoms with van der Waals surface area (Å²) in [5.74, 6) is 0. The third kappa shape index (κ3) is 3.58. The second-order valence-electron chi connectivity index (χ2n) is 4.79. The molecule has 0 saturated heterocycles. The van der Waals surface area contributed by atoms with E-state index in [1.807, 2.05) is 18.2 Å². The van der Waals surface area contributed by atoms with Crippen LogP contribution in [0.15, 0.2) is 35.7 Å². The Labute approximate surface area is 124 Å². The molecule has 4 heteroatoms. The highest BCUT2D eigenvalue weighted by atomic mass is 32.1. The lowest BCUT2D eigenvalue weighted by Crippen LogP contribution is -2.37. The van der Waals surface area contributed by atoms with E-state index >= 15 is 0 Å². The summed E-state index contributed by atoms with van der Waals surface area (Å²) in [7, 11) is 0. The lowest BCUT2D eigenvalue weighted by atomic mass is 10.1. The van der Waals surface area contributed by atoms with Crippen molar-refractivity contribution in [2.24, 2.45) is 0 Å². The number of anilines is 1. The highest BCUT2D eigenvalue weighted by Gasteiger charge is 2.18. The first-order chi connectivity index (χ1) is 9.78. The van der Waals surface area contributed by atoms with E-state index in [-0.39, 0.29) is 12.6 Å². The highest BCUT2D eigenvalue weighted by Crippen LogP contribution is 2.22. The van der Waals surface area contributed by atoms with Crippen LogP contribution in [0.3, 0.4) is 0 Å². The van der Waals surface area contributed by atoms with Gasteiger partial charge in [-0.2, -0.15) is 0 Å². The fraction of sp³-hybridized carbons (Fsp3) is 0.438. The SMILES string of the molecule is CCc1nc(CN(c2ccccc2)C(CC)CO)cs1. The van der Waals surface area contributed by atoms with E-state index in [1.54, 1.807) is 11.3 Å². The van der Waals surface area contributed by atoms with Crippen LogP contribution in [-0.4, -0.2) is 22.7 Å². The number of hydrogen-bond acceptors (Lipinski definition) is 4. The van der Waals surface area contributed by atoms with Crippen molar-refractivity contribution in [1.29, 1.82) is 0 Å². The summed E-state index contributed by atoms with van der Waals surface area (Å²) in [6.07, 6.45) is 1.89. The highest BCUT2D eigenvalue weighted by molar-refractivity contribution is 7.09. The molecule has 0 saturated carbocycles. The molecule has 0 aliphatic heterocycles. The Morgan fingerprint density at radius 2 is 2.00 bits per heavy atom.